The number of carbonyl (C=O) groups is 1. The number of benzene rings is 1. The van der Waals surface area contributed by atoms with E-state index in [1.165, 1.54) is 5.56 Å². The van der Waals surface area contributed by atoms with E-state index in [0.29, 0.717) is 12.8 Å². The zero-order chi connectivity index (χ0) is 18.7. The van der Waals surface area contributed by atoms with Gasteiger partial charge in [-0.25, -0.2) is 4.68 Å². The van der Waals surface area contributed by atoms with E-state index in [-0.39, 0.29) is 11.9 Å². The number of nitrogens with zero attached hydrogens (tertiary/aromatic N) is 4. The number of aryl methyl sites for hydroxylation is 3. The molecule has 3 rings (SSSR count). The molecule has 0 bridgehead atoms. The van der Waals surface area contributed by atoms with Crippen LogP contribution < -0.4 is 5.32 Å². The summed E-state index contributed by atoms with van der Waals surface area (Å²) < 4.78 is 3.68. The lowest BCUT2D eigenvalue weighted by Crippen LogP contribution is -2.27. The molecule has 6 nitrogen and oxygen atoms in total. The minimum Gasteiger partial charge on any atom is -0.349 e. The zero-order valence-corrected chi connectivity index (χ0v) is 15.7. The second-order valence-corrected chi connectivity index (χ2v) is 6.70. The first-order valence-corrected chi connectivity index (χ1v) is 8.83. The molecule has 1 unspecified atom stereocenters. The number of hydrogen-bond acceptors (Lipinski definition) is 3. The second-order valence-electron chi connectivity index (χ2n) is 6.70. The highest BCUT2D eigenvalue weighted by molar-refractivity contribution is 5.76. The first-order chi connectivity index (χ1) is 12.5. The Morgan fingerprint density at radius 3 is 2.65 bits per heavy atom. The van der Waals surface area contributed by atoms with E-state index in [9.17, 15) is 4.79 Å². The van der Waals surface area contributed by atoms with Gasteiger partial charge in [0.2, 0.25) is 5.91 Å². The molecule has 0 aliphatic rings. The Labute approximate surface area is 153 Å². The first-order valence-electron chi connectivity index (χ1n) is 8.83. The van der Waals surface area contributed by atoms with Gasteiger partial charge in [0.25, 0.3) is 0 Å². The third-order valence-electron chi connectivity index (χ3n) is 4.63. The smallest absolute Gasteiger partial charge is 0.220 e. The van der Waals surface area contributed by atoms with Crippen molar-refractivity contribution in [3.63, 3.8) is 0 Å². The van der Waals surface area contributed by atoms with Crippen LogP contribution in [0.25, 0.3) is 5.69 Å². The van der Waals surface area contributed by atoms with Gasteiger partial charge in [0, 0.05) is 30.9 Å². The molecule has 0 aliphatic heterocycles. The maximum Gasteiger partial charge on any atom is 0.220 e. The van der Waals surface area contributed by atoms with Crippen LogP contribution in [0.5, 0.6) is 0 Å². The fraction of sp³-hybridized carbons (Fsp3) is 0.350. The van der Waals surface area contributed by atoms with E-state index in [0.717, 1.165) is 22.5 Å². The van der Waals surface area contributed by atoms with Crippen molar-refractivity contribution in [3.05, 3.63) is 65.2 Å². The number of hydrogen-bond donors (Lipinski definition) is 1. The molecule has 0 saturated carbocycles. The number of nitrogens with one attached hydrogen (secondary N) is 1. The number of para-hydroxylation sites is 1. The van der Waals surface area contributed by atoms with Crippen LogP contribution in [0.1, 0.15) is 41.8 Å². The summed E-state index contributed by atoms with van der Waals surface area (Å²) in [6.07, 6.45) is 6.71. The molecular weight excluding hydrogens is 326 g/mol. The molecule has 0 saturated heterocycles. The van der Waals surface area contributed by atoms with Gasteiger partial charge in [0.1, 0.15) is 0 Å². The van der Waals surface area contributed by atoms with Crippen molar-refractivity contribution in [2.45, 2.75) is 39.7 Å². The summed E-state index contributed by atoms with van der Waals surface area (Å²) in [7, 11) is 1.88. The van der Waals surface area contributed by atoms with Crippen molar-refractivity contribution in [1.29, 1.82) is 0 Å². The summed E-state index contributed by atoms with van der Waals surface area (Å²) in [4.78, 5) is 12.3. The third kappa shape index (κ3) is 3.85. The third-order valence-corrected chi connectivity index (χ3v) is 4.63. The van der Waals surface area contributed by atoms with Crippen LogP contribution in [-0.4, -0.2) is 25.5 Å². The molecule has 1 N–H and O–H groups in total. The molecular formula is C20H25N5O. The Hall–Kier alpha value is -2.89. The molecule has 1 amide bonds. The fourth-order valence-corrected chi connectivity index (χ4v) is 3.14. The Morgan fingerprint density at radius 2 is 1.96 bits per heavy atom. The van der Waals surface area contributed by atoms with Gasteiger partial charge >= 0.3 is 0 Å². The van der Waals surface area contributed by atoms with Crippen molar-refractivity contribution < 1.29 is 4.79 Å². The topological polar surface area (TPSA) is 64.7 Å². The highest BCUT2D eigenvalue weighted by Gasteiger charge is 2.17. The van der Waals surface area contributed by atoms with E-state index in [1.807, 2.05) is 50.1 Å². The van der Waals surface area contributed by atoms with Gasteiger partial charge in [-0.1, -0.05) is 18.2 Å². The summed E-state index contributed by atoms with van der Waals surface area (Å²) in [5, 5.41) is 11.7. The summed E-state index contributed by atoms with van der Waals surface area (Å²) >= 11 is 0. The monoisotopic (exact) mass is 351 g/mol. The van der Waals surface area contributed by atoms with E-state index in [2.05, 4.69) is 34.6 Å². The van der Waals surface area contributed by atoms with Crippen LogP contribution in [0.15, 0.2) is 42.9 Å². The lowest BCUT2D eigenvalue weighted by Gasteiger charge is -2.14. The zero-order valence-electron chi connectivity index (χ0n) is 15.7. The van der Waals surface area contributed by atoms with Gasteiger partial charge in [-0.15, -0.1) is 0 Å². The van der Waals surface area contributed by atoms with E-state index >= 15 is 0 Å². The van der Waals surface area contributed by atoms with Crippen LogP contribution in [0.3, 0.4) is 0 Å². The normalized spacial score (nSPS) is 12.2. The maximum absolute atomic E-state index is 12.3. The van der Waals surface area contributed by atoms with Crippen LogP contribution >= 0.6 is 0 Å². The Balaban J connectivity index is 1.65. The molecule has 2 heterocycles. The molecule has 1 aromatic carbocycles. The van der Waals surface area contributed by atoms with Crippen molar-refractivity contribution >= 4 is 5.91 Å². The average Bonchev–Trinajstić information content (AvgIpc) is 3.19. The largest absolute Gasteiger partial charge is 0.349 e. The average molecular weight is 351 g/mol. The van der Waals surface area contributed by atoms with Crippen molar-refractivity contribution in [3.8, 4) is 5.69 Å². The molecule has 2 aromatic heterocycles. The predicted octanol–water partition coefficient (Wildman–Crippen LogP) is 3.03. The number of amides is 1. The van der Waals surface area contributed by atoms with Crippen molar-refractivity contribution in [1.82, 2.24) is 24.9 Å². The standard InChI is InChI=1S/C20H25N5O/c1-14-7-5-6-8-19(14)25-16(3)18(12-22-25)15(2)23-20(26)10-9-17-11-21-24(4)13-17/h5-8,11-13,15H,9-10H2,1-4H3,(H,23,26). The van der Waals surface area contributed by atoms with E-state index in [1.54, 1.807) is 10.9 Å². The van der Waals surface area contributed by atoms with Gasteiger partial charge in [-0.05, 0) is 44.4 Å². The maximum atomic E-state index is 12.3. The Kier molecular flexibility index (Phi) is 5.21. The molecule has 26 heavy (non-hydrogen) atoms. The highest BCUT2D eigenvalue weighted by atomic mass is 16.1. The lowest BCUT2D eigenvalue weighted by molar-refractivity contribution is -0.121. The van der Waals surface area contributed by atoms with E-state index in [4.69, 9.17) is 0 Å². The minimum atomic E-state index is -0.0887. The van der Waals surface area contributed by atoms with E-state index < -0.39 is 0 Å². The van der Waals surface area contributed by atoms with Crippen LogP contribution in [0.2, 0.25) is 0 Å². The van der Waals surface area contributed by atoms with Crippen LogP contribution in [0, 0.1) is 13.8 Å². The minimum absolute atomic E-state index is 0.0318. The molecule has 0 fully saturated rings. The summed E-state index contributed by atoms with van der Waals surface area (Å²) in [5.74, 6) is 0.0318. The molecule has 0 aliphatic carbocycles. The summed E-state index contributed by atoms with van der Waals surface area (Å²) in [6, 6.07) is 8.06. The Morgan fingerprint density at radius 1 is 1.19 bits per heavy atom. The van der Waals surface area contributed by atoms with Gasteiger partial charge < -0.3 is 5.32 Å². The molecule has 3 aromatic rings. The lowest BCUT2D eigenvalue weighted by atomic mass is 10.1. The number of rotatable bonds is 6. The van der Waals surface area contributed by atoms with Crippen LogP contribution in [-0.2, 0) is 18.3 Å². The Bertz CT molecular complexity index is 909. The van der Waals surface area contributed by atoms with Crippen molar-refractivity contribution in [2.24, 2.45) is 7.05 Å². The quantitative estimate of drug-likeness (QED) is 0.742. The molecule has 136 valence electrons. The highest BCUT2D eigenvalue weighted by Crippen LogP contribution is 2.22. The second kappa shape index (κ2) is 7.56. The molecule has 0 spiro atoms. The van der Waals surface area contributed by atoms with Crippen molar-refractivity contribution in [2.75, 3.05) is 0 Å². The fourth-order valence-electron chi connectivity index (χ4n) is 3.14. The molecule has 6 heteroatoms. The van der Waals surface area contributed by atoms with Gasteiger partial charge in [-0.2, -0.15) is 10.2 Å². The molecule has 1 atom stereocenters. The summed E-state index contributed by atoms with van der Waals surface area (Å²) in [6.45, 7) is 6.10. The van der Waals surface area contributed by atoms with Gasteiger partial charge in [0.05, 0.1) is 24.1 Å². The van der Waals surface area contributed by atoms with Gasteiger partial charge in [0.15, 0.2) is 0 Å². The first kappa shape index (κ1) is 17.9. The SMILES string of the molecule is Cc1ccccc1-n1ncc(C(C)NC(=O)CCc2cnn(C)c2)c1C. The number of aromatic nitrogens is 4. The number of carbonyl (C=O) groups excluding carboxylic acids is 1. The van der Waals surface area contributed by atoms with Crippen LogP contribution in [0.4, 0.5) is 0 Å². The molecule has 0 radical (unpaired) electrons. The van der Waals surface area contributed by atoms with Gasteiger partial charge in [-0.3, -0.25) is 9.48 Å². The predicted molar refractivity (Wildman–Crippen MR) is 101 cm³/mol. The summed E-state index contributed by atoms with van der Waals surface area (Å²) in [5.41, 5.74) is 5.37.